The molecule has 6 heteroatoms. The molecule has 6 nitrogen and oxygen atoms in total. The van der Waals surface area contributed by atoms with Gasteiger partial charge in [0.1, 0.15) is 6.61 Å². The Morgan fingerprint density at radius 2 is 1.81 bits per heavy atom. The number of amides is 1. The van der Waals surface area contributed by atoms with Gasteiger partial charge in [-0.15, -0.1) is 0 Å². The minimum atomic E-state index is 0.0445. The summed E-state index contributed by atoms with van der Waals surface area (Å²) in [4.78, 5) is 16.1. The Hall–Kier alpha value is -1.79. The number of hydrogen-bond donors (Lipinski definition) is 1. The Balaban J connectivity index is 1.75. The second-order valence-corrected chi connectivity index (χ2v) is 5.00. The lowest BCUT2D eigenvalue weighted by atomic mass is 10.2. The minimum Gasteiger partial charge on any atom is -0.399 e. The molecule has 0 spiro atoms. The van der Waals surface area contributed by atoms with Crippen molar-refractivity contribution in [3.63, 3.8) is 0 Å². The van der Waals surface area contributed by atoms with Gasteiger partial charge in [-0.1, -0.05) is 0 Å². The molecule has 1 aromatic carbocycles. The van der Waals surface area contributed by atoms with E-state index >= 15 is 0 Å². The molecule has 0 bridgehead atoms. The molecule has 1 aromatic rings. The van der Waals surface area contributed by atoms with Gasteiger partial charge >= 0.3 is 0 Å². The maximum absolute atomic E-state index is 12.0. The highest BCUT2D eigenvalue weighted by atomic mass is 16.5. The van der Waals surface area contributed by atoms with E-state index in [0.29, 0.717) is 13.2 Å². The monoisotopic (exact) mass is 293 g/mol. The van der Waals surface area contributed by atoms with Crippen LogP contribution in [0.5, 0.6) is 0 Å². The van der Waals surface area contributed by atoms with Gasteiger partial charge in [-0.05, 0) is 24.3 Å². The number of carbonyl (C=O) groups excluding carboxylic acids is 1. The number of hydrogen-bond acceptors (Lipinski definition) is 5. The molecule has 2 rings (SSSR count). The van der Waals surface area contributed by atoms with Crippen molar-refractivity contribution in [3.05, 3.63) is 24.3 Å². The van der Waals surface area contributed by atoms with Crippen LogP contribution in [0.1, 0.15) is 0 Å². The van der Waals surface area contributed by atoms with E-state index in [0.717, 1.165) is 37.6 Å². The summed E-state index contributed by atoms with van der Waals surface area (Å²) in [5.41, 5.74) is 7.60. The Labute approximate surface area is 125 Å². The largest absolute Gasteiger partial charge is 0.399 e. The quantitative estimate of drug-likeness (QED) is 0.614. The first-order valence-electron chi connectivity index (χ1n) is 7.15. The lowest BCUT2D eigenvalue weighted by molar-refractivity contribution is -0.136. The number of benzene rings is 1. The fourth-order valence-electron chi connectivity index (χ4n) is 2.29. The van der Waals surface area contributed by atoms with Crippen LogP contribution in [0.4, 0.5) is 11.4 Å². The molecule has 0 radical (unpaired) electrons. The molecule has 1 heterocycles. The van der Waals surface area contributed by atoms with Gasteiger partial charge in [0.2, 0.25) is 5.91 Å². The molecule has 0 aliphatic carbocycles. The van der Waals surface area contributed by atoms with E-state index < -0.39 is 0 Å². The number of nitrogens with two attached hydrogens (primary N) is 1. The first-order chi connectivity index (χ1) is 10.2. The number of anilines is 2. The first kappa shape index (κ1) is 15.6. The standard InChI is InChI=1S/C15H23N3O3/c1-20-10-11-21-12-15(19)18-8-6-17(7-9-18)14-4-2-13(16)3-5-14/h2-5H,6-12,16H2,1H3. The second kappa shape index (κ2) is 7.85. The average molecular weight is 293 g/mol. The van der Waals surface area contributed by atoms with Crippen molar-refractivity contribution in [2.75, 3.05) is 63.7 Å². The number of piperazine rings is 1. The molecular weight excluding hydrogens is 270 g/mol. The van der Waals surface area contributed by atoms with Crippen LogP contribution in [0.15, 0.2) is 24.3 Å². The number of nitrogens with zero attached hydrogens (tertiary/aromatic N) is 2. The van der Waals surface area contributed by atoms with E-state index in [-0.39, 0.29) is 12.5 Å². The number of rotatable bonds is 6. The van der Waals surface area contributed by atoms with Crippen molar-refractivity contribution in [1.82, 2.24) is 4.90 Å². The molecule has 0 unspecified atom stereocenters. The summed E-state index contributed by atoms with van der Waals surface area (Å²) < 4.78 is 10.1. The number of methoxy groups -OCH3 is 1. The third kappa shape index (κ3) is 4.61. The summed E-state index contributed by atoms with van der Waals surface area (Å²) >= 11 is 0. The summed E-state index contributed by atoms with van der Waals surface area (Å²) in [6.07, 6.45) is 0. The summed E-state index contributed by atoms with van der Waals surface area (Å²) in [5, 5.41) is 0. The zero-order valence-corrected chi connectivity index (χ0v) is 12.5. The molecule has 1 amide bonds. The highest BCUT2D eigenvalue weighted by Crippen LogP contribution is 2.18. The summed E-state index contributed by atoms with van der Waals surface area (Å²) in [6.45, 7) is 4.19. The number of nitrogen functional groups attached to an aromatic ring is 1. The Morgan fingerprint density at radius 1 is 1.14 bits per heavy atom. The predicted octanol–water partition coefficient (Wildman–Crippen LogP) is 0.580. The van der Waals surface area contributed by atoms with E-state index in [1.807, 2.05) is 29.2 Å². The molecule has 1 aliphatic heterocycles. The van der Waals surface area contributed by atoms with E-state index in [2.05, 4.69) is 4.90 Å². The molecule has 1 aliphatic rings. The van der Waals surface area contributed by atoms with Gasteiger partial charge in [-0.3, -0.25) is 4.79 Å². The van der Waals surface area contributed by atoms with Gasteiger partial charge in [0.25, 0.3) is 0 Å². The van der Waals surface area contributed by atoms with Crippen LogP contribution < -0.4 is 10.6 Å². The van der Waals surface area contributed by atoms with E-state index in [9.17, 15) is 4.79 Å². The second-order valence-electron chi connectivity index (χ2n) is 5.00. The van der Waals surface area contributed by atoms with Crippen LogP contribution in [0, 0.1) is 0 Å². The molecule has 21 heavy (non-hydrogen) atoms. The van der Waals surface area contributed by atoms with Crippen LogP contribution in [0.25, 0.3) is 0 Å². The molecular formula is C15H23N3O3. The van der Waals surface area contributed by atoms with Crippen molar-refractivity contribution in [2.45, 2.75) is 0 Å². The predicted molar refractivity (Wildman–Crippen MR) is 82.3 cm³/mol. The maximum atomic E-state index is 12.0. The van der Waals surface area contributed by atoms with Crippen LogP contribution in [-0.4, -0.2) is 63.9 Å². The van der Waals surface area contributed by atoms with Crippen molar-refractivity contribution in [1.29, 1.82) is 0 Å². The van der Waals surface area contributed by atoms with Gasteiger partial charge in [-0.2, -0.15) is 0 Å². The topological polar surface area (TPSA) is 68.0 Å². The first-order valence-corrected chi connectivity index (χ1v) is 7.15. The van der Waals surface area contributed by atoms with E-state index in [4.69, 9.17) is 15.2 Å². The number of ether oxygens (including phenoxy) is 2. The molecule has 0 saturated carbocycles. The zero-order valence-electron chi connectivity index (χ0n) is 12.5. The Bertz CT molecular complexity index is 442. The van der Waals surface area contributed by atoms with Crippen LogP contribution in [0.2, 0.25) is 0 Å². The lowest BCUT2D eigenvalue weighted by Gasteiger charge is -2.36. The molecule has 1 saturated heterocycles. The van der Waals surface area contributed by atoms with Crippen molar-refractivity contribution >= 4 is 17.3 Å². The minimum absolute atomic E-state index is 0.0445. The molecule has 0 atom stereocenters. The highest BCUT2D eigenvalue weighted by Gasteiger charge is 2.21. The van der Waals surface area contributed by atoms with Gasteiger partial charge in [0, 0.05) is 44.7 Å². The van der Waals surface area contributed by atoms with Gasteiger partial charge in [0.05, 0.1) is 13.2 Å². The number of carbonyl (C=O) groups is 1. The van der Waals surface area contributed by atoms with Crippen molar-refractivity contribution in [3.8, 4) is 0 Å². The van der Waals surface area contributed by atoms with Crippen LogP contribution in [0.3, 0.4) is 0 Å². The van der Waals surface area contributed by atoms with Crippen molar-refractivity contribution < 1.29 is 14.3 Å². The SMILES string of the molecule is COCCOCC(=O)N1CCN(c2ccc(N)cc2)CC1. The van der Waals surface area contributed by atoms with E-state index in [1.54, 1.807) is 7.11 Å². The summed E-state index contributed by atoms with van der Waals surface area (Å²) in [6, 6.07) is 7.83. The summed E-state index contributed by atoms with van der Waals surface area (Å²) in [7, 11) is 1.61. The fourth-order valence-corrected chi connectivity index (χ4v) is 2.29. The maximum Gasteiger partial charge on any atom is 0.248 e. The van der Waals surface area contributed by atoms with Crippen LogP contribution in [-0.2, 0) is 14.3 Å². The molecule has 0 aromatic heterocycles. The van der Waals surface area contributed by atoms with Gasteiger partial charge in [-0.25, -0.2) is 0 Å². The Kier molecular flexibility index (Phi) is 5.83. The van der Waals surface area contributed by atoms with E-state index in [1.165, 1.54) is 0 Å². The average Bonchev–Trinajstić information content (AvgIpc) is 2.52. The summed E-state index contributed by atoms with van der Waals surface area (Å²) in [5.74, 6) is 0.0445. The Morgan fingerprint density at radius 3 is 2.43 bits per heavy atom. The fraction of sp³-hybridized carbons (Fsp3) is 0.533. The molecule has 2 N–H and O–H groups in total. The smallest absolute Gasteiger partial charge is 0.248 e. The highest BCUT2D eigenvalue weighted by molar-refractivity contribution is 5.77. The van der Waals surface area contributed by atoms with Gasteiger partial charge in [0.15, 0.2) is 0 Å². The zero-order chi connectivity index (χ0) is 15.1. The van der Waals surface area contributed by atoms with Crippen molar-refractivity contribution in [2.24, 2.45) is 0 Å². The lowest BCUT2D eigenvalue weighted by Crippen LogP contribution is -2.49. The third-order valence-electron chi connectivity index (χ3n) is 3.55. The normalized spacial score (nSPS) is 15.3. The molecule has 1 fully saturated rings. The molecule has 116 valence electrons. The van der Waals surface area contributed by atoms with Gasteiger partial charge < -0.3 is 25.0 Å². The third-order valence-corrected chi connectivity index (χ3v) is 3.55. The van der Waals surface area contributed by atoms with Crippen LogP contribution >= 0.6 is 0 Å².